The number of aromatic nitrogens is 1. The molecule has 1 aliphatic rings. The molecule has 28 heavy (non-hydrogen) atoms. The number of anilines is 1. The van der Waals surface area contributed by atoms with Crippen molar-refractivity contribution in [2.24, 2.45) is 0 Å². The molecule has 1 aromatic heterocycles. The first kappa shape index (κ1) is 18.7. The topological polar surface area (TPSA) is 60.9 Å². The van der Waals surface area contributed by atoms with E-state index < -0.39 is 0 Å². The van der Waals surface area contributed by atoms with Crippen molar-refractivity contribution < 1.29 is 19.0 Å². The van der Waals surface area contributed by atoms with Crippen LogP contribution in [0.1, 0.15) is 23.2 Å². The zero-order chi connectivity index (χ0) is 19.5. The third-order valence-corrected chi connectivity index (χ3v) is 5.83. The van der Waals surface area contributed by atoms with E-state index in [9.17, 15) is 4.79 Å². The van der Waals surface area contributed by atoms with Crippen LogP contribution in [0.5, 0.6) is 11.5 Å². The van der Waals surface area contributed by atoms with Crippen LogP contribution in [-0.4, -0.2) is 44.4 Å². The summed E-state index contributed by atoms with van der Waals surface area (Å²) >= 11 is 1.51. The van der Waals surface area contributed by atoms with Crippen molar-refractivity contribution in [2.75, 3.05) is 32.3 Å². The number of ether oxygens (including phenoxy) is 3. The molecule has 0 saturated carbocycles. The van der Waals surface area contributed by atoms with E-state index in [2.05, 4.69) is 0 Å². The maximum absolute atomic E-state index is 13.5. The SMILES string of the molecule is COc1cc(OC)cc(C(=O)N(C[C@@H]2CCCO2)c2nc3ccccc3s2)c1. The van der Waals surface area contributed by atoms with Crippen LogP contribution >= 0.6 is 11.3 Å². The Hall–Kier alpha value is -2.64. The lowest BCUT2D eigenvalue weighted by Crippen LogP contribution is -2.37. The fourth-order valence-corrected chi connectivity index (χ4v) is 4.28. The Balaban J connectivity index is 1.72. The van der Waals surface area contributed by atoms with Crippen molar-refractivity contribution in [3.63, 3.8) is 0 Å². The molecule has 0 radical (unpaired) electrons. The molecule has 1 atom stereocenters. The normalized spacial score (nSPS) is 16.3. The number of hydrogen-bond donors (Lipinski definition) is 0. The number of thiazole rings is 1. The minimum absolute atomic E-state index is 0.0171. The van der Waals surface area contributed by atoms with Gasteiger partial charge in [0.1, 0.15) is 11.5 Å². The number of carbonyl (C=O) groups is 1. The van der Waals surface area contributed by atoms with Gasteiger partial charge in [-0.2, -0.15) is 0 Å². The van der Waals surface area contributed by atoms with E-state index in [1.54, 1.807) is 37.3 Å². The molecule has 4 rings (SSSR count). The highest BCUT2D eigenvalue weighted by Gasteiger charge is 2.27. The van der Waals surface area contributed by atoms with E-state index >= 15 is 0 Å². The largest absolute Gasteiger partial charge is 0.497 e. The van der Waals surface area contributed by atoms with Gasteiger partial charge in [-0.1, -0.05) is 23.5 Å². The van der Waals surface area contributed by atoms with Crippen molar-refractivity contribution in [2.45, 2.75) is 18.9 Å². The predicted octanol–water partition coefficient (Wildman–Crippen LogP) is 4.14. The fraction of sp³-hybridized carbons (Fsp3) is 0.333. The summed E-state index contributed by atoms with van der Waals surface area (Å²) < 4.78 is 17.5. The molecule has 1 amide bonds. The first-order valence-corrected chi connectivity index (χ1v) is 10.0. The van der Waals surface area contributed by atoms with Crippen molar-refractivity contribution in [3.8, 4) is 11.5 Å². The summed E-state index contributed by atoms with van der Waals surface area (Å²) in [6.45, 7) is 1.21. The lowest BCUT2D eigenvalue weighted by Gasteiger charge is -2.23. The molecule has 2 aromatic carbocycles. The van der Waals surface area contributed by atoms with Crippen LogP contribution < -0.4 is 14.4 Å². The third-order valence-electron chi connectivity index (χ3n) is 4.77. The van der Waals surface area contributed by atoms with Crippen LogP contribution in [0.2, 0.25) is 0 Å². The highest BCUT2D eigenvalue weighted by atomic mass is 32.1. The molecule has 0 N–H and O–H groups in total. The molecule has 0 spiro atoms. The summed E-state index contributed by atoms with van der Waals surface area (Å²) in [5.74, 6) is 1.000. The highest BCUT2D eigenvalue weighted by Crippen LogP contribution is 2.32. The van der Waals surface area contributed by atoms with Gasteiger partial charge in [0.2, 0.25) is 0 Å². The van der Waals surface area contributed by atoms with Gasteiger partial charge < -0.3 is 14.2 Å². The summed E-state index contributed by atoms with van der Waals surface area (Å²) in [4.78, 5) is 19.9. The molecular weight excluding hydrogens is 376 g/mol. The monoisotopic (exact) mass is 398 g/mol. The average Bonchev–Trinajstić information content (AvgIpc) is 3.40. The lowest BCUT2D eigenvalue weighted by atomic mass is 10.1. The number of carbonyl (C=O) groups excluding carboxylic acids is 1. The first-order valence-electron chi connectivity index (χ1n) is 9.20. The maximum Gasteiger partial charge on any atom is 0.260 e. The molecular formula is C21H22N2O4S. The van der Waals surface area contributed by atoms with E-state index in [1.807, 2.05) is 24.3 Å². The Morgan fingerprint density at radius 2 is 1.96 bits per heavy atom. The summed E-state index contributed by atoms with van der Waals surface area (Å²) in [5.41, 5.74) is 1.38. The summed E-state index contributed by atoms with van der Waals surface area (Å²) in [6, 6.07) is 13.1. The number of para-hydroxylation sites is 1. The maximum atomic E-state index is 13.5. The minimum Gasteiger partial charge on any atom is -0.497 e. The van der Waals surface area contributed by atoms with Gasteiger partial charge in [-0.05, 0) is 37.1 Å². The van der Waals surface area contributed by atoms with E-state index in [0.717, 1.165) is 29.7 Å². The molecule has 1 fully saturated rings. The Bertz CT molecular complexity index is 926. The van der Waals surface area contributed by atoms with Gasteiger partial charge in [-0.3, -0.25) is 9.69 Å². The summed E-state index contributed by atoms with van der Waals surface area (Å²) in [6.07, 6.45) is 1.97. The van der Waals surface area contributed by atoms with Crippen LogP contribution in [0.4, 0.5) is 5.13 Å². The van der Waals surface area contributed by atoms with Crippen molar-refractivity contribution in [3.05, 3.63) is 48.0 Å². The van der Waals surface area contributed by atoms with Crippen LogP contribution in [0.15, 0.2) is 42.5 Å². The van der Waals surface area contributed by atoms with E-state index in [1.165, 1.54) is 11.3 Å². The van der Waals surface area contributed by atoms with Crippen molar-refractivity contribution >= 4 is 32.6 Å². The first-order chi connectivity index (χ1) is 13.7. The molecule has 0 unspecified atom stereocenters. The number of benzene rings is 2. The Morgan fingerprint density at radius 1 is 1.21 bits per heavy atom. The summed E-state index contributed by atoms with van der Waals surface area (Å²) in [5, 5.41) is 0.670. The molecule has 1 saturated heterocycles. The second-order valence-electron chi connectivity index (χ2n) is 6.62. The number of amides is 1. The molecule has 146 valence electrons. The lowest BCUT2D eigenvalue weighted by molar-refractivity contribution is 0.0917. The number of rotatable bonds is 6. The number of methoxy groups -OCH3 is 2. The molecule has 3 aromatic rings. The second kappa shape index (κ2) is 8.16. The van der Waals surface area contributed by atoms with Gasteiger partial charge in [-0.25, -0.2) is 4.98 Å². The van der Waals surface area contributed by atoms with Gasteiger partial charge in [0, 0.05) is 18.2 Å². The molecule has 0 bridgehead atoms. The van der Waals surface area contributed by atoms with Gasteiger partial charge in [0.15, 0.2) is 5.13 Å². The van der Waals surface area contributed by atoms with Crippen molar-refractivity contribution in [1.82, 2.24) is 4.98 Å². The molecule has 7 heteroatoms. The van der Waals surface area contributed by atoms with Crippen LogP contribution in [0, 0.1) is 0 Å². The quantitative estimate of drug-likeness (QED) is 0.625. The zero-order valence-electron chi connectivity index (χ0n) is 15.9. The molecule has 1 aliphatic heterocycles. The van der Waals surface area contributed by atoms with E-state index in [4.69, 9.17) is 19.2 Å². The number of nitrogens with zero attached hydrogens (tertiary/aromatic N) is 2. The fourth-order valence-electron chi connectivity index (χ4n) is 3.30. The third kappa shape index (κ3) is 3.81. The number of hydrogen-bond acceptors (Lipinski definition) is 6. The van der Waals surface area contributed by atoms with Crippen LogP contribution in [0.25, 0.3) is 10.2 Å². The number of fused-ring (bicyclic) bond motifs is 1. The average molecular weight is 398 g/mol. The highest BCUT2D eigenvalue weighted by molar-refractivity contribution is 7.22. The molecule has 6 nitrogen and oxygen atoms in total. The van der Waals surface area contributed by atoms with Gasteiger partial charge in [0.05, 0.1) is 37.1 Å². The van der Waals surface area contributed by atoms with Crippen LogP contribution in [-0.2, 0) is 4.74 Å². The van der Waals surface area contributed by atoms with Crippen LogP contribution in [0.3, 0.4) is 0 Å². The standard InChI is InChI=1S/C21H22N2O4S/c1-25-16-10-14(11-17(12-16)26-2)20(24)23(13-15-6-5-9-27-15)21-22-18-7-3-4-8-19(18)28-21/h3-4,7-8,10-12,15H,5-6,9,13H2,1-2H3/t15-/m0/s1. The van der Waals surface area contributed by atoms with Gasteiger partial charge in [0.25, 0.3) is 5.91 Å². The molecule has 2 heterocycles. The van der Waals surface area contributed by atoms with Gasteiger partial charge >= 0.3 is 0 Å². The Labute approximate surface area is 167 Å². The smallest absolute Gasteiger partial charge is 0.260 e. The van der Waals surface area contributed by atoms with Crippen molar-refractivity contribution in [1.29, 1.82) is 0 Å². The van der Waals surface area contributed by atoms with E-state index in [0.29, 0.717) is 28.7 Å². The summed E-state index contributed by atoms with van der Waals surface area (Å²) in [7, 11) is 3.14. The second-order valence-corrected chi connectivity index (χ2v) is 7.63. The Morgan fingerprint density at radius 3 is 2.61 bits per heavy atom. The molecule has 0 aliphatic carbocycles. The Kier molecular flexibility index (Phi) is 5.45. The predicted molar refractivity (Wildman–Crippen MR) is 110 cm³/mol. The van der Waals surface area contributed by atoms with Gasteiger partial charge in [-0.15, -0.1) is 0 Å². The zero-order valence-corrected chi connectivity index (χ0v) is 16.7. The van der Waals surface area contributed by atoms with E-state index in [-0.39, 0.29) is 12.0 Å². The minimum atomic E-state index is -0.147.